The zero-order valence-electron chi connectivity index (χ0n) is 21.2. The van der Waals surface area contributed by atoms with Crippen LogP contribution in [0, 0.1) is 0 Å². The maximum absolute atomic E-state index is 13.0. The summed E-state index contributed by atoms with van der Waals surface area (Å²) in [6.45, 7) is 2.24. The van der Waals surface area contributed by atoms with E-state index in [1.54, 1.807) is 14.2 Å². The molecule has 0 spiro atoms. The Morgan fingerprint density at radius 2 is 1.83 bits per heavy atom. The maximum atomic E-state index is 13.0. The van der Waals surface area contributed by atoms with E-state index in [2.05, 4.69) is 10.2 Å². The van der Waals surface area contributed by atoms with Crippen LogP contribution in [0.5, 0.6) is 11.5 Å². The molecule has 2 N–H and O–H groups in total. The SMILES string of the molecule is COc1cccc(CNC(=O)[C@@H]2C[C@@H](O)CN2C2CCN(C(=O)CCc3ccccc3OC)CC2)c1. The van der Waals surface area contributed by atoms with Crippen molar-refractivity contribution in [3.05, 3.63) is 59.7 Å². The molecule has 8 nitrogen and oxygen atoms in total. The molecule has 36 heavy (non-hydrogen) atoms. The summed E-state index contributed by atoms with van der Waals surface area (Å²) in [7, 11) is 3.27. The van der Waals surface area contributed by atoms with Crippen molar-refractivity contribution in [3.8, 4) is 11.5 Å². The fraction of sp³-hybridized carbons (Fsp3) is 0.500. The van der Waals surface area contributed by atoms with Crippen LogP contribution in [0.2, 0.25) is 0 Å². The first kappa shape index (κ1) is 26.0. The van der Waals surface area contributed by atoms with E-state index in [0.29, 0.717) is 45.4 Å². The third-order valence-electron chi connectivity index (χ3n) is 7.31. The lowest BCUT2D eigenvalue weighted by Crippen LogP contribution is -2.52. The summed E-state index contributed by atoms with van der Waals surface area (Å²) in [4.78, 5) is 30.0. The first-order valence-electron chi connectivity index (χ1n) is 12.7. The Kier molecular flexibility index (Phi) is 8.83. The molecule has 4 rings (SSSR count). The topological polar surface area (TPSA) is 91.3 Å². The number of rotatable bonds is 9. The summed E-state index contributed by atoms with van der Waals surface area (Å²) in [5.74, 6) is 1.65. The highest BCUT2D eigenvalue weighted by molar-refractivity contribution is 5.82. The number of carbonyl (C=O) groups excluding carboxylic acids is 2. The molecule has 0 aromatic heterocycles. The summed E-state index contributed by atoms with van der Waals surface area (Å²) < 4.78 is 10.7. The van der Waals surface area contributed by atoms with E-state index in [1.165, 1.54) is 0 Å². The van der Waals surface area contributed by atoms with E-state index >= 15 is 0 Å². The zero-order chi connectivity index (χ0) is 25.5. The molecule has 2 aliphatic rings. The zero-order valence-corrected chi connectivity index (χ0v) is 21.2. The van der Waals surface area contributed by atoms with E-state index in [9.17, 15) is 14.7 Å². The van der Waals surface area contributed by atoms with E-state index in [1.807, 2.05) is 53.4 Å². The second-order valence-corrected chi connectivity index (χ2v) is 9.60. The van der Waals surface area contributed by atoms with Gasteiger partial charge in [-0.1, -0.05) is 30.3 Å². The van der Waals surface area contributed by atoms with E-state index in [-0.39, 0.29) is 23.9 Å². The lowest BCUT2D eigenvalue weighted by molar-refractivity contribution is -0.134. The molecule has 0 saturated carbocycles. The molecule has 0 unspecified atom stereocenters. The number of methoxy groups -OCH3 is 2. The second kappa shape index (κ2) is 12.2. The average Bonchev–Trinajstić information content (AvgIpc) is 3.32. The number of piperidine rings is 1. The van der Waals surface area contributed by atoms with Gasteiger partial charge in [-0.2, -0.15) is 0 Å². The first-order valence-corrected chi connectivity index (χ1v) is 12.7. The van der Waals surface area contributed by atoms with Crippen molar-refractivity contribution in [1.29, 1.82) is 0 Å². The standard InChI is InChI=1S/C28H37N3O5/c1-35-24-8-5-6-20(16-24)18-29-28(34)25-17-23(32)19-31(25)22-12-14-30(15-13-22)27(33)11-10-21-7-3-4-9-26(21)36-2/h3-9,16,22-23,25,32H,10-15,17-19H2,1-2H3,(H,29,34)/t23-,25+/m1/s1. The number of hydrogen-bond donors (Lipinski definition) is 2. The summed E-state index contributed by atoms with van der Waals surface area (Å²) in [5.41, 5.74) is 2.00. The van der Waals surface area contributed by atoms with Crippen molar-refractivity contribution in [1.82, 2.24) is 15.1 Å². The van der Waals surface area contributed by atoms with Gasteiger partial charge in [-0.15, -0.1) is 0 Å². The molecule has 2 amide bonds. The Hall–Kier alpha value is -3.10. The fourth-order valence-electron chi connectivity index (χ4n) is 5.34. The number of nitrogens with one attached hydrogen (secondary N) is 1. The molecule has 2 saturated heterocycles. The van der Waals surface area contributed by atoms with Crippen LogP contribution >= 0.6 is 0 Å². The molecule has 2 aromatic carbocycles. The summed E-state index contributed by atoms with van der Waals surface area (Å²) in [6, 6.07) is 15.2. The number of β-amino-alcohol motifs (C(OH)–C–C–N with tert-alkyl or cyclic N) is 1. The number of amides is 2. The number of benzene rings is 2. The normalized spacial score (nSPS) is 20.8. The van der Waals surface area contributed by atoms with Crippen LogP contribution in [0.4, 0.5) is 0 Å². The van der Waals surface area contributed by atoms with E-state index in [0.717, 1.165) is 35.5 Å². The number of hydrogen-bond acceptors (Lipinski definition) is 6. The molecular weight excluding hydrogens is 458 g/mol. The van der Waals surface area contributed by atoms with Crippen LogP contribution in [-0.2, 0) is 22.6 Å². The minimum absolute atomic E-state index is 0.0651. The van der Waals surface area contributed by atoms with Crippen LogP contribution in [0.15, 0.2) is 48.5 Å². The lowest BCUT2D eigenvalue weighted by Gasteiger charge is -2.39. The monoisotopic (exact) mass is 495 g/mol. The quantitative estimate of drug-likeness (QED) is 0.555. The summed E-state index contributed by atoms with van der Waals surface area (Å²) in [5, 5.41) is 13.4. The van der Waals surface area contributed by atoms with Crippen molar-refractivity contribution < 1.29 is 24.2 Å². The Morgan fingerprint density at radius 1 is 1.06 bits per heavy atom. The molecule has 2 aliphatic heterocycles. The first-order chi connectivity index (χ1) is 17.5. The van der Waals surface area contributed by atoms with Crippen molar-refractivity contribution in [2.45, 2.75) is 56.8 Å². The number of ether oxygens (including phenoxy) is 2. The van der Waals surface area contributed by atoms with Crippen molar-refractivity contribution >= 4 is 11.8 Å². The van der Waals surface area contributed by atoms with Crippen molar-refractivity contribution in [2.75, 3.05) is 33.9 Å². The van der Waals surface area contributed by atoms with E-state index in [4.69, 9.17) is 9.47 Å². The third-order valence-corrected chi connectivity index (χ3v) is 7.31. The summed E-state index contributed by atoms with van der Waals surface area (Å²) in [6.07, 6.45) is 2.61. The Bertz CT molecular complexity index is 1040. The molecule has 8 heteroatoms. The van der Waals surface area contributed by atoms with Gasteiger partial charge >= 0.3 is 0 Å². The summed E-state index contributed by atoms with van der Waals surface area (Å²) >= 11 is 0. The fourth-order valence-corrected chi connectivity index (χ4v) is 5.34. The van der Waals surface area contributed by atoms with Gasteiger partial charge in [0.1, 0.15) is 11.5 Å². The largest absolute Gasteiger partial charge is 0.497 e. The van der Waals surface area contributed by atoms with Crippen LogP contribution in [0.3, 0.4) is 0 Å². The highest BCUT2D eigenvalue weighted by Crippen LogP contribution is 2.27. The van der Waals surface area contributed by atoms with Gasteiger partial charge in [0.25, 0.3) is 0 Å². The predicted molar refractivity (Wildman–Crippen MR) is 137 cm³/mol. The molecule has 194 valence electrons. The Labute approximate surface area is 213 Å². The number of nitrogens with zero attached hydrogens (tertiary/aromatic N) is 2. The van der Waals surface area contributed by atoms with Crippen LogP contribution in [0.1, 0.15) is 36.8 Å². The molecule has 0 aliphatic carbocycles. The van der Waals surface area contributed by atoms with Crippen molar-refractivity contribution in [2.24, 2.45) is 0 Å². The van der Waals surface area contributed by atoms with E-state index < -0.39 is 6.10 Å². The molecule has 0 bridgehead atoms. The Balaban J connectivity index is 1.27. The van der Waals surface area contributed by atoms with Gasteiger partial charge in [0.2, 0.25) is 11.8 Å². The average molecular weight is 496 g/mol. The van der Waals surface area contributed by atoms with Gasteiger partial charge in [-0.25, -0.2) is 0 Å². The number of para-hydroxylation sites is 1. The number of aliphatic hydroxyl groups is 1. The number of aryl methyl sites for hydroxylation is 1. The number of likely N-dealkylation sites (tertiary alicyclic amines) is 2. The third kappa shape index (κ3) is 6.36. The number of carbonyl (C=O) groups is 2. The molecule has 2 heterocycles. The van der Waals surface area contributed by atoms with Gasteiger partial charge in [0, 0.05) is 38.6 Å². The van der Waals surface area contributed by atoms with Gasteiger partial charge in [0.05, 0.1) is 26.4 Å². The van der Waals surface area contributed by atoms with Gasteiger partial charge in [0.15, 0.2) is 0 Å². The van der Waals surface area contributed by atoms with Crippen LogP contribution in [0.25, 0.3) is 0 Å². The highest BCUT2D eigenvalue weighted by Gasteiger charge is 2.40. The minimum Gasteiger partial charge on any atom is -0.497 e. The Morgan fingerprint density at radius 3 is 2.58 bits per heavy atom. The van der Waals surface area contributed by atoms with Gasteiger partial charge in [-0.05, 0) is 55.0 Å². The highest BCUT2D eigenvalue weighted by atomic mass is 16.5. The molecule has 2 fully saturated rings. The van der Waals surface area contributed by atoms with Crippen molar-refractivity contribution in [3.63, 3.8) is 0 Å². The molecular formula is C28H37N3O5. The van der Waals surface area contributed by atoms with Gasteiger partial charge in [-0.3, -0.25) is 14.5 Å². The minimum atomic E-state index is -0.516. The molecule has 2 atom stereocenters. The predicted octanol–water partition coefficient (Wildman–Crippen LogP) is 2.38. The van der Waals surface area contributed by atoms with Crippen LogP contribution < -0.4 is 14.8 Å². The smallest absolute Gasteiger partial charge is 0.237 e. The van der Waals surface area contributed by atoms with Crippen LogP contribution in [-0.4, -0.2) is 78.8 Å². The maximum Gasteiger partial charge on any atom is 0.237 e. The molecule has 2 aromatic rings. The second-order valence-electron chi connectivity index (χ2n) is 9.60. The molecule has 0 radical (unpaired) electrons. The van der Waals surface area contributed by atoms with Gasteiger partial charge < -0.3 is 24.8 Å². The lowest BCUT2D eigenvalue weighted by atomic mass is 10.0. The number of aliphatic hydroxyl groups excluding tert-OH is 1.